The van der Waals surface area contributed by atoms with Gasteiger partial charge in [-0.1, -0.05) is 5.11 Å². The molecule has 0 aromatic rings. The van der Waals surface area contributed by atoms with Crippen molar-refractivity contribution in [3.05, 3.63) is 10.4 Å². The number of carbonyl (C=O) groups is 1. The van der Waals surface area contributed by atoms with Crippen molar-refractivity contribution in [2.75, 3.05) is 33.5 Å². The van der Waals surface area contributed by atoms with Crippen LogP contribution in [0.4, 0.5) is 4.79 Å². The van der Waals surface area contributed by atoms with Crippen molar-refractivity contribution in [3.63, 3.8) is 0 Å². The first-order valence-electron chi connectivity index (χ1n) is 9.64. The molecule has 1 rings (SSSR count). The summed E-state index contributed by atoms with van der Waals surface area (Å²) in [5.74, 6) is 0. The Hall–Kier alpha value is -1.13. The predicted octanol–water partition coefficient (Wildman–Crippen LogP) is -0.605. The number of amides is 1. The molecule has 204 valence electrons. The molecule has 0 saturated carbocycles. The summed E-state index contributed by atoms with van der Waals surface area (Å²) in [4.78, 5) is 56.0. The van der Waals surface area contributed by atoms with E-state index in [1.165, 1.54) is 7.11 Å². The number of phosphoric ester groups is 1. The van der Waals surface area contributed by atoms with Crippen molar-refractivity contribution in [1.82, 2.24) is 5.32 Å². The van der Waals surface area contributed by atoms with Crippen molar-refractivity contribution in [1.29, 1.82) is 0 Å². The lowest BCUT2D eigenvalue weighted by Crippen LogP contribution is -2.34. The van der Waals surface area contributed by atoms with Crippen molar-refractivity contribution in [2.45, 2.75) is 44.3 Å². The minimum atomic E-state index is -6.04. The fourth-order valence-corrected chi connectivity index (χ4v) is 5.54. The summed E-state index contributed by atoms with van der Waals surface area (Å²) in [5, 5.41) is 5.84. The van der Waals surface area contributed by atoms with E-state index in [1.54, 1.807) is 6.92 Å². The zero-order valence-electron chi connectivity index (χ0n) is 18.4. The van der Waals surface area contributed by atoms with E-state index in [0.717, 1.165) is 0 Å². The van der Waals surface area contributed by atoms with Crippen LogP contribution in [-0.4, -0.2) is 69.0 Å². The molecule has 0 aliphatic carbocycles. The molecule has 35 heavy (non-hydrogen) atoms. The van der Waals surface area contributed by atoms with E-state index in [4.69, 9.17) is 29.4 Å². The highest BCUT2D eigenvalue weighted by molar-refractivity contribution is 7.65. The zero-order valence-corrected chi connectivity index (χ0v) is 21.1. The molecule has 0 bridgehead atoms. The summed E-state index contributed by atoms with van der Waals surface area (Å²) in [6, 6.07) is 0. The van der Waals surface area contributed by atoms with Gasteiger partial charge in [0.05, 0.1) is 25.4 Å². The van der Waals surface area contributed by atoms with Crippen LogP contribution in [0.1, 0.15) is 19.8 Å². The largest absolute Gasteiger partial charge is 0.756 e. The van der Waals surface area contributed by atoms with Crippen molar-refractivity contribution < 1.29 is 70.2 Å². The highest BCUT2D eigenvalue weighted by Crippen LogP contribution is 2.61. The SMILES string of the molecule is COCCOC(=O)NCCC(N=[N+]=[N-])OC1C[C@H](C)O[C@@H]1COP(=O)([O-])OP(=O)([O-])OP(=O)([O-])O. The molecule has 7 atom stereocenters. The van der Waals surface area contributed by atoms with Crippen LogP contribution >= 0.6 is 23.5 Å². The Bertz CT molecular complexity index is 880. The Morgan fingerprint density at radius 1 is 1.26 bits per heavy atom. The number of nitrogens with one attached hydrogen (secondary N) is 1. The van der Waals surface area contributed by atoms with Gasteiger partial charge in [-0.25, -0.2) is 13.4 Å². The second-order valence-electron chi connectivity index (χ2n) is 6.72. The molecule has 1 amide bonds. The quantitative estimate of drug-likeness (QED) is 0.0771. The first-order valence-corrected chi connectivity index (χ1v) is 14.1. The van der Waals surface area contributed by atoms with Crippen LogP contribution in [0, 0.1) is 0 Å². The molecule has 2 N–H and O–H groups in total. The van der Waals surface area contributed by atoms with Gasteiger partial charge < -0.3 is 48.4 Å². The van der Waals surface area contributed by atoms with Crippen LogP contribution in [0.3, 0.4) is 0 Å². The van der Waals surface area contributed by atoms with Gasteiger partial charge in [0, 0.05) is 25.0 Å². The van der Waals surface area contributed by atoms with E-state index in [2.05, 4.69) is 28.5 Å². The van der Waals surface area contributed by atoms with Gasteiger partial charge in [-0.2, -0.15) is 0 Å². The molecule has 0 spiro atoms. The van der Waals surface area contributed by atoms with Gasteiger partial charge >= 0.3 is 6.09 Å². The Labute approximate surface area is 199 Å². The summed E-state index contributed by atoms with van der Waals surface area (Å²) < 4.78 is 65.2. The fourth-order valence-electron chi connectivity index (χ4n) is 2.64. The minimum Gasteiger partial charge on any atom is -0.756 e. The average Bonchev–Trinajstić information content (AvgIpc) is 3.03. The van der Waals surface area contributed by atoms with Gasteiger partial charge in [-0.05, 0) is 18.9 Å². The molecule has 1 fully saturated rings. The van der Waals surface area contributed by atoms with Crippen molar-refractivity contribution in [2.24, 2.45) is 5.11 Å². The lowest BCUT2D eigenvalue weighted by Gasteiger charge is -2.33. The molecule has 0 radical (unpaired) electrons. The molecular formula is C13H24N4O15P3-3. The third-order valence-corrected chi connectivity index (χ3v) is 7.57. The fraction of sp³-hybridized carbons (Fsp3) is 0.923. The highest BCUT2D eigenvalue weighted by atomic mass is 31.3. The molecule has 19 nitrogen and oxygen atoms in total. The summed E-state index contributed by atoms with van der Waals surface area (Å²) in [5.41, 5.74) is 8.75. The number of ether oxygens (including phenoxy) is 4. The maximum atomic E-state index is 11.7. The first-order chi connectivity index (χ1) is 16.2. The van der Waals surface area contributed by atoms with Crippen LogP contribution in [0.2, 0.25) is 0 Å². The topological polar surface area (TPSA) is 283 Å². The average molecular weight is 569 g/mol. The van der Waals surface area contributed by atoms with E-state index in [9.17, 15) is 33.2 Å². The molecule has 1 heterocycles. The third-order valence-electron chi connectivity index (χ3n) is 3.88. The Morgan fingerprint density at radius 2 is 1.94 bits per heavy atom. The van der Waals surface area contributed by atoms with E-state index in [-0.39, 0.29) is 32.6 Å². The molecule has 0 aromatic carbocycles. The minimum absolute atomic E-state index is 0.00182. The second-order valence-corrected chi connectivity index (χ2v) is 11.0. The van der Waals surface area contributed by atoms with Crippen LogP contribution < -0.4 is 20.0 Å². The monoisotopic (exact) mass is 569 g/mol. The van der Waals surface area contributed by atoms with Crippen molar-refractivity contribution in [3.8, 4) is 0 Å². The Kier molecular flexibility index (Phi) is 13.3. The van der Waals surface area contributed by atoms with Crippen molar-refractivity contribution >= 4 is 29.6 Å². The van der Waals surface area contributed by atoms with Crippen LogP contribution in [0.5, 0.6) is 0 Å². The summed E-state index contributed by atoms with van der Waals surface area (Å²) in [6.45, 7) is 0.974. The Morgan fingerprint density at radius 3 is 2.54 bits per heavy atom. The van der Waals surface area contributed by atoms with Crippen LogP contribution in [0.15, 0.2) is 5.11 Å². The molecule has 1 aliphatic heterocycles. The standard InChI is InChI=1S/C13H27N4O15P3/c1-9-7-10(30-12(16-17-14)3-4-15-13(18)27-6-5-26-2)11(29-9)8-28-34(22,23)32-35(24,25)31-33(19,20)21/h9-12H,3-8H2,1-2H3,(H,15,18)(H,22,23)(H,24,25)(H2,19,20,21)/p-3/t9-,10?,11+,12?/m0/s1. The number of nitrogens with zero attached hydrogens (tertiary/aromatic N) is 3. The number of hydrogen-bond acceptors (Lipinski definition) is 15. The number of hydrogen-bond donors (Lipinski definition) is 2. The van der Waals surface area contributed by atoms with E-state index in [0.29, 0.717) is 0 Å². The lowest BCUT2D eigenvalue weighted by atomic mass is 10.1. The second kappa shape index (κ2) is 14.6. The number of carbonyl (C=O) groups excluding carboxylic acids is 1. The molecule has 5 unspecified atom stereocenters. The van der Waals surface area contributed by atoms with E-state index in [1.807, 2.05) is 0 Å². The van der Waals surface area contributed by atoms with Gasteiger partial charge in [0.1, 0.15) is 18.9 Å². The van der Waals surface area contributed by atoms with E-state index >= 15 is 0 Å². The smallest absolute Gasteiger partial charge is 0.407 e. The maximum absolute atomic E-state index is 11.7. The van der Waals surface area contributed by atoms with Gasteiger partial charge in [-0.3, -0.25) is 13.7 Å². The molecule has 1 saturated heterocycles. The Balaban J connectivity index is 2.64. The molecule has 1 aliphatic rings. The van der Waals surface area contributed by atoms with Gasteiger partial charge in [0.25, 0.3) is 23.5 Å². The first kappa shape index (κ1) is 31.9. The predicted molar refractivity (Wildman–Crippen MR) is 106 cm³/mol. The highest BCUT2D eigenvalue weighted by Gasteiger charge is 2.37. The molecule has 0 aromatic heterocycles. The number of rotatable bonds is 16. The zero-order chi connectivity index (χ0) is 26.7. The molecule has 22 heteroatoms. The van der Waals surface area contributed by atoms with E-state index < -0.39 is 60.7 Å². The summed E-state index contributed by atoms with van der Waals surface area (Å²) in [7, 11) is -16.2. The summed E-state index contributed by atoms with van der Waals surface area (Å²) in [6.07, 6.45) is -4.17. The number of alkyl carbamates (subject to hydrolysis) is 1. The van der Waals surface area contributed by atoms with Crippen LogP contribution in [-0.2, 0) is 45.8 Å². The maximum Gasteiger partial charge on any atom is 0.407 e. The summed E-state index contributed by atoms with van der Waals surface area (Å²) >= 11 is 0. The lowest BCUT2D eigenvalue weighted by molar-refractivity contribution is -0.250. The number of phosphoric acid groups is 3. The van der Waals surface area contributed by atoms with Crippen LogP contribution in [0.25, 0.3) is 10.4 Å². The number of methoxy groups -OCH3 is 1. The van der Waals surface area contributed by atoms with Gasteiger partial charge in [-0.15, -0.1) is 0 Å². The number of azide groups is 1. The van der Waals surface area contributed by atoms with Gasteiger partial charge in [0.15, 0.2) is 0 Å². The molecular weight excluding hydrogens is 545 g/mol. The normalized spacial score (nSPS) is 25.9. The van der Waals surface area contributed by atoms with Gasteiger partial charge in [0.2, 0.25) is 0 Å². The third kappa shape index (κ3) is 14.3.